The molecule has 0 bridgehead atoms. The van der Waals surface area contributed by atoms with Crippen LogP contribution in [-0.4, -0.2) is 12.1 Å². The summed E-state index contributed by atoms with van der Waals surface area (Å²) in [7, 11) is 0. The summed E-state index contributed by atoms with van der Waals surface area (Å²) in [6, 6.07) is 17.5. The lowest BCUT2D eigenvalue weighted by molar-refractivity contribution is -0.118. The number of para-hydroxylation sites is 1. The van der Waals surface area contributed by atoms with E-state index in [1.807, 2.05) is 54.6 Å². The van der Waals surface area contributed by atoms with Crippen LogP contribution in [0.1, 0.15) is 18.1 Å². The highest BCUT2D eigenvalue weighted by Gasteiger charge is 2.01. The molecule has 2 aromatic carbocycles. The molecule has 0 heterocycles. The van der Waals surface area contributed by atoms with Gasteiger partial charge in [-0.1, -0.05) is 42.5 Å². The SMILES string of the molecule is CC(=O)NN=Cc1ccccc1OCc1ccccc1. The van der Waals surface area contributed by atoms with E-state index in [4.69, 9.17) is 4.74 Å². The first-order valence-corrected chi connectivity index (χ1v) is 6.31. The molecule has 4 nitrogen and oxygen atoms in total. The van der Waals surface area contributed by atoms with Crippen molar-refractivity contribution in [3.63, 3.8) is 0 Å². The Morgan fingerprint density at radius 1 is 1.15 bits per heavy atom. The van der Waals surface area contributed by atoms with Crippen molar-refractivity contribution >= 4 is 12.1 Å². The maximum absolute atomic E-state index is 10.8. The Kier molecular flexibility index (Phi) is 4.89. The lowest BCUT2D eigenvalue weighted by Gasteiger charge is -2.08. The molecule has 20 heavy (non-hydrogen) atoms. The predicted molar refractivity (Wildman–Crippen MR) is 78.6 cm³/mol. The van der Waals surface area contributed by atoms with Crippen molar-refractivity contribution in [2.24, 2.45) is 5.10 Å². The Bertz CT molecular complexity index is 594. The molecular formula is C16H16N2O2. The van der Waals surface area contributed by atoms with Gasteiger partial charge in [0.25, 0.3) is 0 Å². The number of ether oxygens (including phenoxy) is 1. The lowest BCUT2D eigenvalue weighted by Crippen LogP contribution is -2.12. The Morgan fingerprint density at radius 3 is 2.60 bits per heavy atom. The maximum atomic E-state index is 10.8. The van der Waals surface area contributed by atoms with Crippen LogP contribution in [0.5, 0.6) is 5.75 Å². The van der Waals surface area contributed by atoms with Crippen molar-refractivity contribution < 1.29 is 9.53 Å². The molecule has 102 valence electrons. The smallest absolute Gasteiger partial charge is 0.236 e. The second-order valence-electron chi connectivity index (χ2n) is 4.24. The summed E-state index contributed by atoms with van der Waals surface area (Å²) >= 11 is 0. The highest BCUT2D eigenvalue weighted by Crippen LogP contribution is 2.17. The molecule has 2 aromatic rings. The van der Waals surface area contributed by atoms with E-state index >= 15 is 0 Å². The van der Waals surface area contributed by atoms with Crippen molar-refractivity contribution in [2.75, 3.05) is 0 Å². The molecule has 0 radical (unpaired) electrons. The minimum atomic E-state index is -0.205. The van der Waals surface area contributed by atoms with Crippen LogP contribution >= 0.6 is 0 Å². The molecule has 0 unspecified atom stereocenters. The van der Waals surface area contributed by atoms with Gasteiger partial charge in [-0.2, -0.15) is 5.10 Å². The molecule has 0 spiro atoms. The highest BCUT2D eigenvalue weighted by atomic mass is 16.5. The molecule has 0 aliphatic heterocycles. The first-order valence-electron chi connectivity index (χ1n) is 6.31. The summed E-state index contributed by atoms with van der Waals surface area (Å²) < 4.78 is 5.78. The number of rotatable bonds is 5. The topological polar surface area (TPSA) is 50.7 Å². The van der Waals surface area contributed by atoms with E-state index in [0.717, 1.165) is 16.9 Å². The van der Waals surface area contributed by atoms with Gasteiger partial charge in [-0.05, 0) is 17.7 Å². The van der Waals surface area contributed by atoms with Crippen molar-refractivity contribution in [2.45, 2.75) is 13.5 Å². The van der Waals surface area contributed by atoms with E-state index in [1.165, 1.54) is 6.92 Å². The second-order valence-corrected chi connectivity index (χ2v) is 4.24. The monoisotopic (exact) mass is 268 g/mol. The third-order valence-electron chi connectivity index (χ3n) is 2.58. The van der Waals surface area contributed by atoms with Gasteiger partial charge in [0.1, 0.15) is 12.4 Å². The third kappa shape index (κ3) is 4.24. The number of hydrogen-bond donors (Lipinski definition) is 1. The molecule has 0 aliphatic rings. The standard InChI is InChI=1S/C16H16N2O2/c1-13(19)18-17-11-15-9-5-6-10-16(15)20-12-14-7-3-2-4-8-14/h2-11H,12H2,1H3,(H,18,19). The fourth-order valence-electron chi connectivity index (χ4n) is 1.65. The van der Waals surface area contributed by atoms with Crippen LogP contribution in [0.25, 0.3) is 0 Å². The first kappa shape index (κ1) is 13.8. The predicted octanol–water partition coefficient (Wildman–Crippen LogP) is 2.74. The van der Waals surface area contributed by atoms with Gasteiger partial charge in [-0.3, -0.25) is 4.79 Å². The molecule has 0 aliphatic carbocycles. The molecule has 0 saturated carbocycles. The zero-order chi connectivity index (χ0) is 14.2. The first-order chi connectivity index (χ1) is 9.75. The van der Waals surface area contributed by atoms with Gasteiger partial charge >= 0.3 is 0 Å². The van der Waals surface area contributed by atoms with Gasteiger partial charge in [-0.15, -0.1) is 0 Å². The quantitative estimate of drug-likeness (QED) is 0.669. The van der Waals surface area contributed by atoms with Crippen molar-refractivity contribution in [3.8, 4) is 5.75 Å². The zero-order valence-corrected chi connectivity index (χ0v) is 11.2. The number of hydrazone groups is 1. The molecule has 0 atom stereocenters. The highest BCUT2D eigenvalue weighted by molar-refractivity contribution is 5.84. The summed E-state index contributed by atoms with van der Waals surface area (Å²) in [5, 5.41) is 3.85. The Labute approximate surface area is 118 Å². The van der Waals surface area contributed by atoms with Gasteiger partial charge in [-0.25, -0.2) is 5.43 Å². The van der Waals surface area contributed by atoms with Crippen molar-refractivity contribution in [3.05, 3.63) is 65.7 Å². The lowest BCUT2D eigenvalue weighted by atomic mass is 10.2. The van der Waals surface area contributed by atoms with Gasteiger partial charge in [0.15, 0.2) is 0 Å². The van der Waals surface area contributed by atoms with Crippen molar-refractivity contribution in [1.29, 1.82) is 0 Å². The fourth-order valence-corrected chi connectivity index (χ4v) is 1.65. The van der Waals surface area contributed by atoms with E-state index in [9.17, 15) is 4.79 Å². The molecule has 1 N–H and O–H groups in total. The normalized spacial score (nSPS) is 10.4. The number of benzene rings is 2. The average molecular weight is 268 g/mol. The average Bonchev–Trinajstić information content (AvgIpc) is 2.47. The fraction of sp³-hybridized carbons (Fsp3) is 0.125. The largest absolute Gasteiger partial charge is 0.488 e. The number of amides is 1. The Hall–Kier alpha value is -2.62. The van der Waals surface area contributed by atoms with Crippen LogP contribution in [0.2, 0.25) is 0 Å². The van der Waals surface area contributed by atoms with Crippen molar-refractivity contribution in [1.82, 2.24) is 5.43 Å². The maximum Gasteiger partial charge on any atom is 0.236 e. The molecule has 1 amide bonds. The third-order valence-corrected chi connectivity index (χ3v) is 2.58. The molecule has 2 rings (SSSR count). The second kappa shape index (κ2) is 7.09. The number of nitrogens with zero attached hydrogens (tertiary/aromatic N) is 1. The van der Waals surface area contributed by atoms with Crippen LogP contribution < -0.4 is 10.2 Å². The summed E-state index contributed by atoms with van der Waals surface area (Å²) in [4.78, 5) is 10.8. The van der Waals surface area contributed by atoms with Gasteiger partial charge in [0.2, 0.25) is 5.91 Å². The Morgan fingerprint density at radius 2 is 1.85 bits per heavy atom. The van der Waals surface area contributed by atoms with Gasteiger partial charge in [0, 0.05) is 12.5 Å². The molecule has 0 aromatic heterocycles. The number of carbonyl (C=O) groups is 1. The van der Waals surface area contributed by atoms with Gasteiger partial charge in [0.05, 0.1) is 6.21 Å². The zero-order valence-electron chi connectivity index (χ0n) is 11.2. The van der Waals surface area contributed by atoms with E-state index < -0.39 is 0 Å². The van der Waals surface area contributed by atoms with Crippen LogP contribution in [0.15, 0.2) is 59.7 Å². The summed E-state index contributed by atoms with van der Waals surface area (Å²) in [6.07, 6.45) is 1.57. The van der Waals surface area contributed by atoms with Crippen LogP contribution in [0, 0.1) is 0 Å². The van der Waals surface area contributed by atoms with E-state index in [0.29, 0.717) is 6.61 Å². The van der Waals surface area contributed by atoms with Crippen LogP contribution in [0.4, 0.5) is 0 Å². The minimum absolute atomic E-state index is 0.205. The number of nitrogens with one attached hydrogen (secondary N) is 1. The Balaban J connectivity index is 2.04. The van der Waals surface area contributed by atoms with E-state index in [1.54, 1.807) is 6.21 Å². The van der Waals surface area contributed by atoms with Crippen LogP contribution in [-0.2, 0) is 11.4 Å². The minimum Gasteiger partial charge on any atom is -0.488 e. The molecule has 0 saturated heterocycles. The number of hydrogen-bond acceptors (Lipinski definition) is 3. The summed E-state index contributed by atoms with van der Waals surface area (Å²) in [5.74, 6) is 0.523. The van der Waals surface area contributed by atoms with E-state index in [2.05, 4.69) is 10.5 Å². The van der Waals surface area contributed by atoms with E-state index in [-0.39, 0.29) is 5.91 Å². The molecule has 4 heteroatoms. The molecular weight excluding hydrogens is 252 g/mol. The molecule has 0 fully saturated rings. The van der Waals surface area contributed by atoms with Gasteiger partial charge < -0.3 is 4.74 Å². The number of carbonyl (C=O) groups excluding carboxylic acids is 1. The summed E-state index contributed by atoms with van der Waals surface area (Å²) in [6.45, 7) is 1.90. The van der Waals surface area contributed by atoms with Crippen LogP contribution in [0.3, 0.4) is 0 Å². The summed E-state index contributed by atoms with van der Waals surface area (Å²) in [5.41, 5.74) is 4.29.